The average molecular weight is 150 g/mol. The van der Waals surface area contributed by atoms with E-state index >= 15 is 0 Å². The van der Waals surface area contributed by atoms with Gasteiger partial charge in [-0.2, -0.15) is 4.37 Å². The highest BCUT2D eigenvalue weighted by Crippen LogP contribution is 1.77. The monoisotopic (exact) mass is 149 g/mol. The van der Waals surface area contributed by atoms with E-state index in [9.17, 15) is 4.79 Å². The quantitative estimate of drug-likeness (QED) is 0.549. The van der Waals surface area contributed by atoms with Gasteiger partial charge in [0, 0.05) is 5.38 Å². The predicted octanol–water partition coefficient (Wildman–Crippen LogP) is 0.925. The normalized spacial score (nSPS) is 7.50. The van der Waals surface area contributed by atoms with Crippen molar-refractivity contribution >= 4 is 23.9 Å². The van der Waals surface area contributed by atoms with Gasteiger partial charge in [0.05, 0.1) is 6.20 Å². The van der Waals surface area contributed by atoms with Gasteiger partial charge in [0.25, 0.3) is 0 Å². The standard InChI is InChI=1S/C4H3NOS.ClH/c6-4-1-2-7-5-3-4;/h1-3H;1H. The van der Waals surface area contributed by atoms with E-state index in [-0.39, 0.29) is 17.8 Å². The second kappa shape index (κ2) is 3.57. The van der Waals surface area contributed by atoms with Crippen molar-refractivity contribution in [1.82, 2.24) is 4.37 Å². The molecule has 0 bridgehead atoms. The molecule has 0 unspecified atom stereocenters. The molecular formula is C4H4ClNOS. The third kappa shape index (κ3) is 2.04. The minimum atomic E-state index is -0.0289. The van der Waals surface area contributed by atoms with E-state index in [0.29, 0.717) is 0 Å². The predicted molar refractivity (Wildman–Crippen MR) is 35.6 cm³/mol. The minimum Gasteiger partial charge on any atom is -0.288 e. The van der Waals surface area contributed by atoms with Gasteiger partial charge in [-0.25, -0.2) is 0 Å². The summed E-state index contributed by atoms with van der Waals surface area (Å²) in [6.07, 6.45) is 1.30. The lowest BCUT2D eigenvalue weighted by molar-refractivity contribution is 1.46. The molecule has 1 heterocycles. The Morgan fingerprint density at radius 2 is 2.38 bits per heavy atom. The molecule has 1 rings (SSSR count). The Morgan fingerprint density at radius 3 is 2.62 bits per heavy atom. The molecule has 0 saturated heterocycles. The van der Waals surface area contributed by atoms with Crippen molar-refractivity contribution in [3.05, 3.63) is 27.9 Å². The van der Waals surface area contributed by atoms with E-state index in [1.807, 2.05) is 0 Å². The van der Waals surface area contributed by atoms with Crippen LogP contribution in [0.2, 0.25) is 0 Å². The van der Waals surface area contributed by atoms with Crippen LogP contribution >= 0.6 is 23.9 Å². The van der Waals surface area contributed by atoms with Crippen LogP contribution < -0.4 is 5.43 Å². The van der Waals surface area contributed by atoms with E-state index < -0.39 is 0 Å². The summed E-state index contributed by atoms with van der Waals surface area (Å²) in [5.74, 6) is 0. The third-order valence-corrected chi connectivity index (χ3v) is 1.02. The third-order valence-electron chi connectivity index (χ3n) is 0.534. The molecular weight excluding hydrogens is 146 g/mol. The van der Waals surface area contributed by atoms with Gasteiger partial charge in [0.2, 0.25) is 0 Å². The molecule has 0 aromatic carbocycles. The largest absolute Gasteiger partial charge is 0.288 e. The molecule has 0 N–H and O–H groups in total. The first kappa shape index (κ1) is 7.59. The van der Waals surface area contributed by atoms with Gasteiger partial charge in [0.15, 0.2) is 5.43 Å². The zero-order valence-electron chi connectivity index (χ0n) is 3.90. The Morgan fingerprint density at radius 1 is 1.62 bits per heavy atom. The van der Waals surface area contributed by atoms with Crippen molar-refractivity contribution in [2.75, 3.05) is 0 Å². The van der Waals surface area contributed by atoms with Crippen molar-refractivity contribution in [2.24, 2.45) is 0 Å². The summed E-state index contributed by atoms with van der Waals surface area (Å²) >= 11 is 1.27. The molecule has 8 heavy (non-hydrogen) atoms. The first-order valence-corrected chi connectivity index (χ1v) is 2.63. The van der Waals surface area contributed by atoms with Crippen LogP contribution in [-0.4, -0.2) is 4.37 Å². The van der Waals surface area contributed by atoms with Gasteiger partial charge in [0.1, 0.15) is 0 Å². The second-order valence-electron chi connectivity index (χ2n) is 1.05. The highest BCUT2D eigenvalue weighted by Gasteiger charge is 1.73. The zero-order valence-corrected chi connectivity index (χ0v) is 5.54. The molecule has 1 aromatic rings. The fourth-order valence-corrected chi connectivity index (χ4v) is 0.688. The lowest BCUT2D eigenvalue weighted by atomic mass is 10.6. The van der Waals surface area contributed by atoms with E-state index in [1.165, 1.54) is 23.8 Å². The molecule has 0 atom stereocenters. The Balaban J connectivity index is 0.000000490. The molecule has 0 spiro atoms. The molecule has 2 nitrogen and oxygen atoms in total. The lowest BCUT2D eigenvalue weighted by Gasteiger charge is -1.69. The van der Waals surface area contributed by atoms with Crippen molar-refractivity contribution in [1.29, 1.82) is 0 Å². The Hall–Kier alpha value is -0.410. The van der Waals surface area contributed by atoms with Crippen LogP contribution in [0.3, 0.4) is 0 Å². The van der Waals surface area contributed by atoms with E-state index in [4.69, 9.17) is 0 Å². The van der Waals surface area contributed by atoms with Gasteiger partial charge in [-0.1, -0.05) is 0 Å². The van der Waals surface area contributed by atoms with Gasteiger partial charge in [-0.3, -0.25) is 4.79 Å². The molecule has 1 aromatic heterocycles. The van der Waals surface area contributed by atoms with Gasteiger partial charge < -0.3 is 0 Å². The van der Waals surface area contributed by atoms with E-state index in [0.717, 1.165) is 0 Å². The fourth-order valence-electron chi connectivity index (χ4n) is 0.258. The topological polar surface area (TPSA) is 30.0 Å². The number of hydrogen-bond donors (Lipinski definition) is 0. The molecule has 0 aliphatic carbocycles. The minimum absolute atomic E-state index is 0. The number of aromatic nitrogens is 1. The van der Waals surface area contributed by atoms with Crippen LogP contribution in [0.1, 0.15) is 0 Å². The van der Waals surface area contributed by atoms with E-state index in [1.54, 1.807) is 5.38 Å². The summed E-state index contributed by atoms with van der Waals surface area (Å²) in [5, 5.41) is 1.66. The SMILES string of the molecule is Cl.O=c1ccsnc1. The second-order valence-corrected chi connectivity index (χ2v) is 1.74. The molecule has 0 radical (unpaired) electrons. The summed E-state index contributed by atoms with van der Waals surface area (Å²) in [6, 6.07) is 1.48. The van der Waals surface area contributed by atoms with Crippen LogP contribution in [-0.2, 0) is 0 Å². The first-order chi connectivity index (χ1) is 3.39. The summed E-state index contributed by atoms with van der Waals surface area (Å²) < 4.78 is 3.61. The van der Waals surface area contributed by atoms with Crippen LogP contribution in [0.5, 0.6) is 0 Å². The molecule has 0 aliphatic rings. The number of nitrogens with zero attached hydrogens (tertiary/aromatic N) is 1. The summed E-state index contributed by atoms with van der Waals surface area (Å²) in [4.78, 5) is 10.2. The molecule has 4 heteroatoms. The summed E-state index contributed by atoms with van der Waals surface area (Å²) in [5.41, 5.74) is -0.0289. The highest BCUT2D eigenvalue weighted by atomic mass is 35.5. The van der Waals surface area contributed by atoms with Crippen molar-refractivity contribution in [2.45, 2.75) is 0 Å². The number of halogens is 1. The average Bonchev–Trinajstić information content (AvgIpc) is 1.69. The zero-order chi connectivity index (χ0) is 5.11. The molecule has 0 amide bonds. The fraction of sp³-hybridized carbons (Fsp3) is 0. The number of hydrogen-bond acceptors (Lipinski definition) is 3. The molecule has 0 fully saturated rings. The maximum Gasteiger partial charge on any atom is 0.198 e. The van der Waals surface area contributed by atoms with Gasteiger partial charge >= 0.3 is 0 Å². The smallest absolute Gasteiger partial charge is 0.198 e. The number of rotatable bonds is 0. The lowest BCUT2D eigenvalue weighted by Crippen LogP contribution is -1.92. The maximum atomic E-state index is 10.2. The molecule has 0 saturated carbocycles. The van der Waals surface area contributed by atoms with Gasteiger partial charge in [-0.15, -0.1) is 12.4 Å². The highest BCUT2D eigenvalue weighted by molar-refractivity contribution is 7.03. The van der Waals surface area contributed by atoms with Crippen LogP contribution in [0.4, 0.5) is 0 Å². The molecule has 44 valence electrons. The van der Waals surface area contributed by atoms with Crippen molar-refractivity contribution in [3.8, 4) is 0 Å². The van der Waals surface area contributed by atoms with Crippen molar-refractivity contribution in [3.63, 3.8) is 0 Å². The van der Waals surface area contributed by atoms with Crippen molar-refractivity contribution < 1.29 is 0 Å². The van der Waals surface area contributed by atoms with Crippen LogP contribution in [0.25, 0.3) is 0 Å². The maximum absolute atomic E-state index is 10.2. The Kier molecular flexibility index (Phi) is 3.39. The Labute approximate surface area is 56.8 Å². The van der Waals surface area contributed by atoms with Crippen LogP contribution in [0, 0.1) is 0 Å². The van der Waals surface area contributed by atoms with E-state index in [2.05, 4.69) is 4.37 Å². The first-order valence-electron chi connectivity index (χ1n) is 1.79. The Bertz CT molecular complexity index is 182. The van der Waals surface area contributed by atoms with Crippen LogP contribution in [0.15, 0.2) is 22.4 Å². The summed E-state index contributed by atoms with van der Waals surface area (Å²) in [6.45, 7) is 0. The summed E-state index contributed by atoms with van der Waals surface area (Å²) in [7, 11) is 0. The van der Waals surface area contributed by atoms with Gasteiger partial charge in [-0.05, 0) is 17.6 Å². The molecule has 0 aliphatic heterocycles.